The van der Waals surface area contributed by atoms with Crippen molar-refractivity contribution in [1.29, 1.82) is 0 Å². The molecule has 0 spiro atoms. The van der Waals surface area contributed by atoms with Crippen LogP contribution in [-0.2, 0) is 0 Å². The third-order valence-corrected chi connectivity index (χ3v) is 4.45. The molecule has 3 nitrogen and oxygen atoms in total. The highest BCUT2D eigenvalue weighted by atomic mass is 16.5. The molecule has 0 unspecified atom stereocenters. The minimum atomic E-state index is -0.968. The van der Waals surface area contributed by atoms with E-state index < -0.39 is 5.97 Å². The Morgan fingerprint density at radius 3 is 2.36 bits per heavy atom. The van der Waals surface area contributed by atoms with Crippen molar-refractivity contribution >= 4 is 12.0 Å². The second kappa shape index (κ2) is 15.7. The van der Waals surface area contributed by atoms with Crippen LogP contribution in [-0.4, -0.2) is 17.7 Å². The van der Waals surface area contributed by atoms with E-state index >= 15 is 0 Å². The molecule has 0 fully saturated rings. The van der Waals surface area contributed by atoms with Gasteiger partial charge in [0.1, 0.15) is 11.3 Å². The number of carboxylic acid groups (broad SMARTS) is 1. The van der Waals surface area contributed by atoms with Crippen LogP contribution in [0.5, 0.6) is 5.75 Å². The fourth-order valence-electron chi connectivity index (χ4n) is 2.93. The SMILES string of the molecule is CCCCCCCCCC=CC=CC=Cc1cccc(OCCC)c1C(=O)O. The minimum Gasteiger partial charge on any atom is -0.493 e. The highest BCUT2D eigenvalue weighted by Crippen LogP contribution is 2.24. The number of unbranched alkanes of at least 4 members (excludes halogenated alkanes) is 7. The van der Waals surface area contributed by atoms with Gasteiger partial charge >= 0.3 is 5.97 Å². The second-order valence-corrected chi connectivity index (χ2v) is 6.96. The molecule has 0 atom stereocenters. The first kappa shape index (κ1) is 23.7. The maximum atomic E-state index is 11.6. The molecule has 1 N–H and O–H groups in total. The topological polar surface area (TPSA) is 46.5 Å². The molecule has 0 aromatic heterocycles. The van der Waals surface area contributed by atoms with E-state index in [1.165, 1.54) is 44.9 Å². The second-order valence-electron chi connectivity index (χ2n) is 6.96. The first-order chi connectivity index (χ1) is 13.7. The molecule has 0 aliphatic carbocycles. The summed E-state index contributed by atoms with van der Waals surface area (Å²) in [5.41, 5.74) is 0.868. The number of carboxylic acids is 1. The van der Waals surface area contributed by atoms with Gasteiger partial charge in [-0.3, -0.25) is 0 Å². The van der Waals surface area contributed by atoms with E-state index in [1.54, 1.807) is 12.1 Å². The van der Waals surface area contributed by atoms with Gasteiger partial charge in [-0.15, -0.1) is 0 Å². The van der Waals surface area contributed by atoms with Crippen molar-refractivity contribution < 1.29 is 14.6 Å². The molecule has 0 saturated heterocycles. The lowest BCUT2D eigenvalue weighted by molar-refractivity contribution is 0.0692. The van der Waals surface area contributed by atoms with Crippen molar-refractivity contribution in [2.45, 2.75) is 71.6 Å². The van der Waals surface area contributed by atoms with E-state index in [4.69, 9.17) is 4.74 Å². The van der Waals surface area contributed by atoms with Crippen LogP contribution in [0.3, 0.4) is 0 Å². The summed E-state index contributed by atoms with van der Waals surface area (Å²) in [6, 6.07) is 5.32. The Labute approximate surface area is 170 Å². The Bertz CT molecular complexity index is 641. The van der Waals surface area contributed by atoms with Gasteiger partial charge in [-0.05, 0) is 30.9 Å². The highest BCUT2D eigenvalue weighted by molar-refractivity contribution is 5.95. The van der Waals surface area contributed by atoms with Crippen molar-refractivity contribution in [2.75, 3.05) is 6.61 Å². The van der Waals surface area contributed by atoms with Crippen molar-refractivity contribution in [3.63, 3.8) is 0 Å². The van der Waals surface area contributed by atoms with Gasteiger partial charge in [0.25, 0.3) is 0 Å². The Kier molecular flexibility index (Phi) is 13.3. The summed E-state index contributed by atoms with van der Waals surface area (Å²) in [6.07, 6.45) is 23.1. The van der Waals surface area contributed by atoms with Crippen LogP contribution >= 0.6 is 0 Å². The average Bonchev–Trinajstić information content (AvgIpc) is 2.69. The first-order valence-electron chi connectivity index (χ1n) is 10.7. The Morgan fingerprint density at radius 1 is 0.929 bits per heavy atom. The number of ether oxygens (including phenoxy) is 1. The molecule has 0 radical (unpaired) electrons. The lowest BCUT2D eigenvalue weighted by Crippen LogP contribution is -2.05. The van der Waals surface area contributed by atoms with E-state index in [-0.39, 0.29) is 5.56 Å². The number of hydrogen-bond donors (Lipinski definition) is 1. The summed E-state index contributed by atoms with van der Waals surface area (Å²) >= 11 is 0. The third-order valence-electron chi connectivity index (χ3n) is 4.45. The molecule has 0 aliphatic heterocycles. The lowest BCUT2D eigenvalue weighted by atomic mass is 10.1. The van der Waals surface area contributed by atoms with Crippen molar-refractivity contribution in [1.82, 2.24) is 0 Å². The number of benzene rings is 1. The first-order valence-corrected chi connectivity index (χ1v) is 10.7. The fourth-order valence-corrected chi connectivity index (χ4v) is 2.93. The summed E-state index contributed by atoms with van der Waals surface area (Å²) in [5, 5.41) is 9.51. The zero-order chi connectivity index (χ0) is 20.5. The summed E-state index contributed by atoms with van der Waals surface area (Å²) in [7, 11) is 0. The van der Waals surface area contributed by atoms with E-state index in [0.29, 0.717) is 17.9 Å². The number of aromatic carboxylic acids is 1. The Hall–Kier alpha value is -2.29. The molecule has 28 heavy (non-hydrogen) atoms. The maximum Gasteiger partial charge on any atom is 0.340 e. The smallest absolute Gasteiger partial charge is 0.340 e. The molecule has 1 aromatic rings. The molecule has 0 saturated carbocycles. The quantitative estimate of drug-likeness (QED) is 0.252. The predicted molar refractivity (Wildman–Crippen MR) is 119 cm³/mol. The van der Waals surface area contributed by atoms with Gasteiger partial charge in [-0.25, -0.2) is 4.79 Å². The van der Waals surface area contributed by atoms with Crippen molar-refractivity contribution in [2.24, 2.45) is 0 Å². The number of carbonyl (C=O) groups is 1. The third kappa shape index (κ3) is 10.1. The molecule has 0 amide bonds. The van der Waals surface area contributed by atoms with Crippen molar-refractivity contribution in [3.8, 4) is 5.75 Å². The van der Waals surface area contributed by atoms with E-state index in [2.05, 4.69) is 19.1 Å². The van der Waals surface area contributed by atoms with Gasteiger partial charge in [-0.1, -0.05) is 101 Å². The van der Waals surface area contributed by atoms with Crippen LogP contribution in [0.4, 0.5) is 0 Å². The molecule has 154 valence electrons. The van der Waals surface area contributed by atoms with Crippen LogP contribution in [0, 0.1) is 0 Å². The molecular weight excluding hydrogens is 348 g/mol. The molecule has 3 heteroatoms. The Morgan fingerprint density at radius 2 is 1.64 bits per heavy atom. The summed E-state index contributed by atoms with van der Waals surface area (Å²) < 4.78 is 5.56. The number of hydrogen-bond acceptors (Lipinski definition) is 2. The standard InChI is InChI=1S/C25H36O3/c1-3-5-6-7-8-9-10-11-12-13-14-15-16-18-22-19-17-20-23(28-21-4-2)24(22)25(26)27/h12-20H,3-11,21H2,1-2H3,(H,26,27). The van der Waals surface area contributed by atoms with Gasteiger partial charge in [0.15, 0.2) is 0 Å². The minimum absolute atomic E-state index is 0.218. The average molecular weight is 385 g/mol. The fraction of sp³-hybridized carbons (Fsp3) is 0.480. The van der Waals surface area contributed by atoms with Gasteiger partial charge in [0.05, 0.1) is 6.61 Å². The lowest BCUT2D eigenvalue weighted by Gasteiger charge is -2.10. The van der Waals surface area contributed by atoms with E-state index in [1.807, 2.05) is 37.3 Å². The molecule has 1 aromatic carbocycles. The molecule has 0 bridgehead atoms. The highest BCUT2D eigenvalue weighted by Gasteiger charge is 2.14. The number of allylic oxidation sites excluding steroid dienone is 5. The van der Waals surface area contributed by atoms with Gasteiger partial charge in [-0.2, -0.15) is 0 Å². The number of rotatable bonds is 15. The van der Waals surface area contributed by atoms with Crippen LogP contribution in [0.1, 0.15) is 87.6 Å². The Balaban J connectivity index is 2.42. The molecular formula is C25H36O3. The zero-order valence-corrected chi connectivity index (χ0v) is 17.5. The van der Waals surface area contributed by atoms with Crippen LogP contribution < -0.4 is 4.74 Å². The monoisotopic (exact) mass is 384 g/mol. The summed E-state index contributed by atoms with van der Waals surface area (Å²) in [5.74, 6) is -0.542. The normalized spacial score (nSPS) is 11.8. The van der Waals surface area contributed by atoms with Crippen LogP contribution in [0.15, 0.2) is 48.6 Å². The van der Waals surface area contributed by atoms with Crippen molar-refractivity contribution in [3.05, 3.63) is 59.7 Å². The predicted octanol–water partition coefficient (Wildman–Crippen LogP) is 7.44. The van der Waals surface area contributed by atoms with E-state index in [9.17, 15) is 9.90 Å². The summed E-state index contributed by atoms with van der Waals surface area (Å²) in [6.45, 7) is 4.75. The molecule has 0 aliphatic rings. The zero-order valence-electron chi connectivity index (χ0n) is 17.5. The van der Waals surface area contributed by atoms with E-state index in [0.717, 1.165) is 12.8 Å². The van der Waals surface area contributed by atoms with Gasteiger partial charge in [0, 0.05) is 0 Å². The van der Waals surface area contributed by atoms with Gasteiger partial charge < -0.3 is 9.84 Å². The maximum absolute atomic E-state index is 11.6. The van der Waals surface area contributed by atoms with Gasteiger partial charge in [0.2, 0.25) is 0 Å². The molecule has 0 heterocycles. The molecule has 1 rings (SSSR count). The summed E-state index contributed by atoms with van der Waals surface area (Å²) in [4.78, 5) is 11.6. The van der Waals surface area contributed by atoms with Crippen LogP contribution in [0.2, 0.25) is 0 Å². The van der Waals surface area contributed by atoms with Crippen LogP contribution in [0.25, 0.3) is 6.08 Å². The largest absolute Gasteiger partial charge is 0.493 e.